The standard InChI is InChI=1S/C12H14ClF3N2O2S/c13-10-3-9(12(14,15)16)4-11(5-10)21(19,20)18-2-1-8(6-17)7-18/h3-5,8H,1-2,6-7,17H2. The minimum atomic E-state index is -4.65. The number of nitrogens with zero attached hydrogens (tertiary/aromatic N) is 1. The lowest BCUT2D eigenvalue weighted by Gasteiger charge is -2.18. The second-order valence-electron chi connectivity index (χ2n) is 4.93. The van der Waals surface area contributed by atoms with Crippen LogP contribution in [0.5, 0.6) is 0 Å². The van der Waals surface area contributed by atoms with Crippen molar-refractivity contribution in [1.29, 1.82) is 0 Å². The summed E-state index contributed by atoms with van der Waals surface area (Å²) >= 11 is 5.62. The number of alkyl halides is 3. The molecule has 1 aromatic rings. The van der Waals surface area contributed by atoms with Gasteiger partial charge in [-0.25, -0.2) is 8.42 Å². The molecule has 1 fully saturated rings. The monoisotopic (exact) mass is 342 g/mol. The molecule has 9 heteroatoms. The van der Waals surface area contributed by atoms with Gasteiger partial charge in [-0.1, -0.05) is 11.6 Å². The Hall–Kier alpha value is -0.830. The van der Waals surface area contributed by atoms with Crippen LogP contribution in [-0.2, 0) is 16.2 Å². The number of sulfonamides is 1. The van der Waals surface area contributed by atoms with E-state index in [1.807, 2.05) is 0 Å². The number of nitrogens with two attached hydrogens (primary N) is 1. The van der Waals surface area contributed by atoms with Gasteiger partial charge in [0.15, 0.2) is 0 Å². The molecule has 4 nitrogen and oxygen atoms in total. The molecule has 0 spiro atoms. The van der Waals surface area contributed by atoms with Crippen molar-refractivity contribution >= 4 is 21.6 Å². The molecule has 1 atom stereocenters. The molecule has 0 aliphatic carbocycles. The van der Waals surface area contributed by atoms with Gasteiger partial charge < -0.3 is 5.73 Å². The number of halogens is 4. The summed E-state index contributed by atoms with van der Waals surface area (Å²) in [5.41, 5.74) is 4.41. The number of hydrogen-bond acceptors (Lipinski definition) is 3. The molecule has 1 heterocycles. The van der Waals surface area contributed by atoms with Gasteiger partial charge in [-0.3, -0.25) is 0 Å². The lowest BCUT2D eigenvalue weighted by molar-refractivity contribution is -0.137. The Morgan fingerprint density at radius 2 is 2.00 bits per heavy atom. The fourth-order valence-corrected chi connectivity index (χ4v) is 4.13. The molecule has 2 N–H and O–H groups in total. The van der Waals surface area contributed by atoms with Crippen LogP contribution in [-0.4, -0.2) is 32.4 Å². The van der Waals surface area contributed by atoms with Crippen molar-refractivity contribution in [2.45, 2.75) is 17.5 Å². The van der Waals surface area contributed by atoms with Gasteiger partial charge in [0, 0.05) is 18.1 Å². The molecule has 0 aromatic heterocycles. The zero-order chi connectivity index (χ0) is 15.8. The van der Waals surface area contributed by atoms with Crippen molar-refractivity contribution < 1.29 is 21.6 Å². The molecule has 21 heavy (non-hydrogen) atoms. The van der Waals surface area contributed by atoms with Crippen LogP contribution in [0.3, 0.4) is 0 Å². The minimum Gasteiger partial charge on any atom is -0.330 e. The maximum atomic E-state index is 12.7. The summed E-state index contributed by atoms with van der Waals surface area (Å²) in [6.07, 6.45) is -4.05. The Morgan fingerprint density at radius 3 is 2.52 bits per heavy atom. The molecule has 118 valence electrons. The topological polar surface area (TPSA) is 63.4 Å². The first-order chi connectivity index (χ1) is 9.64. The van der Waals surface area contributed by atoms with E-state index in [0.717, 1.165) is 10.4 Å². The van der Waals surface area contributed by atoms with E-state index in [1.165, 1.54) is 0 Å². The van der Waals surface area contributed by atoms with Crippen molar-refractivity contribution in [3.05, 3.63) is 28.8 Å². The van der Waals surface area contributed by atoms with E-state index in [2.05, 4.69) is 0 Å². The molecule has 0 bridgehead atoms. The predicted molar refractivity (Wildman–Crippen MR) is 72.4 cm³/mol. The Labute approximate surface area is 125 Å². The van der Waals surface area contributed by atoms with Gasteiger partial charge in [-0.05, 0) is 37.1 Å². The Bertz CT molecular complexity index is 634. The fraction of sp³-hybridized carbons (Fsp3) is 0.500. The summed E-state index contributed by atoms with van der Waals surface area (Å²) in [5, 5.41) is -0.266. The number of benzene rings is 1. The highest BCUT2D eigenvalue weighted by Crippen LogP contribution is 2.34. The van der Waals surface area contributed by atoms with Crippen molar-refractivity contribution in [2.75, 3.05) is 19.6 Å². The van der Waals surface area contributed by atoms with E-state index in [4.69, 9.17) is 17.3 Å². The molecule has 1 aromatic carbocycles. The largest absolute Gasteiger partial charge is 0.416 e. The zero-order valence-corrected chi connectivity index (χ0v) is 12.5. The fourth-order valence-electron chi connectivity index (χ4n) is 2.23. The third kappa shape index (κ3) is 3.50. The van der Waals surface area contributed by atoms with E-state index in [0.29, 0.717) is 25.1 Å². The lowest BCUT2D eigenvalue weighted by Crippen LogP contribution is -2.30. The molecule has 1 saturated heterocycles. The summed E-state index contributed by atoms with van der Waals surface area (Å²) in [4.78, 5) is -0.444. The average Bonchev–Trinajstić information content (AvgIpc) is 2.86. The third-order valence-electron chi connectivity index (χ3n) is 3.42. The molecule has 1 aliphatic rings. The van der Waals surface area contributed by atoms with Gasteiger partial charge in [-0.15, -0.1) is 0 Å². The van der Waals surface area contributed by atoms with Crippen LogP contribution in [0.15, 0.2) is 23.1 Å². The van der Waals surface area contributed by atoms with Crippen molar-refractivity contribution in [2.24, 2.45) is 11.7 Å². The SMILES string of the molecule is NCC1CCN(S(=O)(=O)c2cc(Cl)cc(C(F)(F)F)c2)C1. The van der Waals surface area contributed by atoms with Crippen molar-refractivity contribution in [3.63, 3.8) is 0 Å². The van der Waals surface area contributed by atoms with Crippen LogP contribution in [0.4, 0.5) is 13.2 Å². The van der Waals surface area contributed by atoms with E-state index < -0.39 is 26.7 Å². The average molecular weight is 343 g/mol. The highest BCUT2D eigenvalue weighted by Gasteiger charge is 2.36. The quantitative estimate of drug-likeness (QED) is 0.917. The van der Waals surface area contributed by atoms with Crippen LogP contribution in [0, 0.1) is 5.92 Å². The van der Waals surface area contributed by atoms with E-state index in [-0.39, 0.29) is 24.0 Å². The summed E-state index contributed by atoms with van der Waals surface area (Å²) in [5.74, 6) is 0.0287. The first-order valence-corrected chi connectivity index (χ1v) is 8.04. The van der Waals surface area contributed by atoms with Gasteiger partial charge in [0.1, 0.15) is 0 Å². The highest BCUT2D eigenvalue weighted by molar-refractivity contribution is 7.89. The van der Waals surface area contributed by atoms with Crippen molar-refractivity contribution in [1.82, 2.24) is 4.31 Å². The van der Waals surface area contributed by atoms with E-state index in [9.17, 15) is 21.6 Å². The van der Waals surface area contributed by atoms with Crippen LogP contribution in [0.2, 0.25) is 5.02 Å². The van der Waals surface area contributed by atoms with Crippen LogP contribution >= 0.6 is 11.6 Å². The summed E-state index contributed by atoms with van der Waals surface area (Å²) in [6, 6.07) is 2.34. The Kier molecular flexibility index (Phi) is 4.53. The van der Waals surface area contributed by atoms with Crippen LogP contribution in [0.25, 0.3) is 0 Å². The summed E-state index contributed by atoms with van der Waals surface area (Å²) < 4.78 is 64.2. The predicted octanol–water partition coefficient (Wildman–Crippen LogP) is 2.33. The number of rotatable bonds is 3. The first-order valence-electron chi connectivity index (χ1n) is 6.22. The van der Waals surface area contributed by atoms with Gasteiger partial charge in [0.05, 0.1) is 10.5 Å². The highest BCUT2D eigenvalue weighted by atomic mass is 35.5. The van der Waals surface area contributed by atoms with Gasteiger partial charge in [0.2, 0.25) is 10.0 Å². The van der Waals surface area contributed by atoms with E-state index >= 15 is 0 Å². The normalized spacial score (nSPS) is 20.9. The summed E-state index contributed by atoms with van der Waals surface area (Å²) in [6.45, 7) is 0.806. The van der Waals surface area contributed by atoms with Crippen LogP contribution < -0.4 is 5.73 Å². The maximum absolute atomic E-state index is 12.7. The minimum absolute atomic E-state index is 0.0287. The Balaban J connectivity index is 2.39. The molecular formula is C12H14ClF3N2O2S. The Morgan fingerprint density at radius 1 is 1.33 bits per heavy atom. The van der Waals surface area contributed by atoms with Gasteiger partial charge in [-0.2, -0.15) is 17.5 Å². The zero-order valence-electron chi connectivity index (χ0n) is 10.9. The molecule has 2 rings (SSSR count). The lowest BCUT2D eigenvalue weighted by atomic mass is 10.1. The molecule has 0 saturated carbocycles. The molecule has 1 unspecified atom stereocenters. The third-order valence-corrected chi connectivity index (χ3v) is 5.48. The first kappa shape index (κ1) is 16.5. The molecule has 1 aliphatic heterocycles. The molecular weight excluding hydrogens is 329 g/mol. The second-order valence-corrected chi connectivity index (χ2v) is 7.30. The van der Waals surface area contributed by atoms with Crippen molar-refractivity contribution in [3.8, 4) is 0 Å². The summed E-state index contributed by atoms with van der Waals surface area (Å²) in [7, 11) is -3.99. The molecule has 0 amide bonds. The van der Waals surface area contributed by atoms with Gasteiger partial charge in [0.25, 0.3) is 0 Å². The number of hydrogen-bond donors (Lipinski definition) is 1. The molecule has 0 radical (unpaired) electrons. The second kappa shape index (κ2) is 5.75. The van der Waals surface area contributed by atoms with E-state index in [1.54, 1.807) is 0 Å². The maximum Gasteiger partial charge on any atom is 0.416 e. The van der Waals surface area contributed by atoms with Crippen LogP contribution in [0.1, 0.15) is 12.0 Å². The smallest absolute Gasteiger partial charge is 0.330 e. The van der Waals surface area contributed by atoms with Gasteiger partial charge >= 0.3 is 6.18 Å².